The van der Waals surface area contributed by atoms with Gasteiger partial charge in [-0.3, -0.25) is 0 Å². The van der Waals surface area contributed by atoms with E-state index in [-0.39, 0.29) is 10.6 Å². The Kier molecular flexibility index (Phi) is 8.73. The summed E-state index contributed by atoms with van der Waals surface area (Å²) in [5.74, 6) is -1.30. The lowest BCUT2D eigenvalue weighted by atomic mass is 9.91. The molecule has 1 unspecified atom stereocenters. The van der Waals surface area contributed by atoms with Crippen LogP contribution < -0.4 is 5.32 Å². The molecule has 140 valence electrons. The standard InChI is InChI=1S/C12H23N.C8H7ClO3/c1-3-7-11(8-4-1)13-12-9-5-2-6-10-12;9-6-4-2-1-3-5(6)7(10)8(11)12/h11-13H,1-10H2;1-4,7,10H,(H,11,12). The monoisotopic (exact) mass is 367 g/mol. The average Bonchev–Trinajstić information content (AvgIpc) is 2.64. The Labute approximate surface area is 155 Å². The maximum absolute atomic E-state index is 10.3. The van der Waals surface area contributed by atoms with Crippen molar-refractivity contribution in [2.75, 3.05) is 0 Å². The first kappa shape index (κ1) is 20.2. The highest BCUT2D eigenvalue weighted by Gasteiger charge is 2.19. The molecule has 0 bridgehead atoms. The maximum atomic E-state index is 10.3. The van der Waals surface area contributed by atoms with Crippen LogP contribution in [-0.4, -0.2) is 28.3 Å². The van der Waals surface area contributed by atoms with Gasteiger partial charge in [-0.05, 0) is 31.7 Å². The van der Waals surface area contributed by atoms with Crippen molar-refractivity contribution in [3.63, 3.8) is 0 Å². The number of hydrogen-bond donors (Lipinski definition) is 3. The number of aliphatic carboxylic acids is 1. The van der Waals surface area contributed by atoms with Crippen LogP contribution in [0.25, 0.3) is 0 Å². The Hall–Kier alpha value is -1.10. The van der Waals surface area contributed by atoms with Crippen molar-refractivity contribution < 1.29 is 15.0 Å². The smallest absolute Gasteiger partial charge is 0.337 e. The van der Waals surface area contributed by atoms with Gasteiger partial charge in [0.1, 0.15) is 0 Å². The summed E-state index contributed by atoms with van der Waals surface area (Å²) < 4.78 is 0. The number of hydrogen-bond acceptors (Lipinski definition) is 3. The molecule has 1 aromatic rings. The SMILES string of the molecule is C1CCC(NC2CCCCC2)CC1.O=C(O)C(O)c1ccccc1Cl. The zero-order chi connectivity index (χ0) is 18.1. The number of aliphatic hydroxyl groups is 1. The first-order valence-electron chi connectivity index (χ1n) is 9.49. The average molecular weight is 368 g/mol. The van der Waals surface area contributed by atoms with E-state index >= 15 is 0 Å². The molecule has 3 N–H and O–H groups in total. The summed E-state index contributed by atoms with van der Waals surface area (Å²) in [6.07, 6.45) is 13.0. The first-order valence-corrected chi connectivity index (χ1v) is 9.87. The molecule has 2 aliphatic rings. The quantitative estimate of drug-likeness (QED) is 0.721. The number of carbonyl (C=O) groups is 1. The Morgan fingerprint density at radius 3 is 1.88 bits per heavy atom. The third-order valence-corrected chi connectivity index (χ3v) is 5.46. The van der Waals surface area contributed by atoms with Gasteiger partial charge in [0.25, 0.3) is 0 Å². The van der Waals surface area contributed by atoms with E-state index in [0.29, 0.717) is 0 Å². The van der Waals surface area contributed by atoms with Crippen LogP contribution in [0, 0.1) is 0 Å². The van der Waals surface area contributed by atoms with E-state index in [4.69, 9.17) is 21.8 Å². The lowest BCUT2D eigenvalue weighted by Crippen LogP contribution is -2.40. The first-order chi connectivity index (χ1) is 12.1. The van der Waals surface area contributed by atoms with Crippen molar-refractivity contribution in [3.05, 3.63) is 34.9 Å². The maximum Gasteiger partial charge on any atom is 0.337 e. The van der Waals surface area contributed by atoms with Crippen LogP contribution >= 0.6 is 11.6 Å². The fraction of sp³-hybridized carbons (Fsp3) is 0.650. The Morgan fingerprint density at radius 2 is 1.44 bits per heavy atom. The summed E-state index contributed by atoms with van der Waals surface area (Å²) in [6.45, 7) is 0. The summed E-state index contributed by atoms with van der Waals surface area (Å²) in [7, 11) is 0. The number of benzene rings is 1. The molecule has 2 saturated carbocycles. The molecule has 0 heterocycles. The van der Waals surface area contributed by atoms with E-state index in [1.54, 1.807) is 12.1 Å². The van der Waals surface area contributed by atoms with Crippen molar-refractivity contribution in [2.24, 2.45) is 0 Å². The van der Waals surface area contributed by atoms with Crippen LogP contribution in [0.5, 0.6) is 0 Å². The van der Waals surface area contributed by atoms with Gasteiger partial charge in [-0.2, -0.15) is 0 Å². The Morgan fingerprint density at radius 1 is 0.960 bits per heavy atom. The molecular formula is C20H30ClNO3. The predicted octanol–water partition coefficient (Wildman–Crippen LogP) is 4.70. The molecule has 0 aliphatic heterocycles. The van der Waals surface area contributed by atoms with Crippen LogP contribution in [0.3, 0.4) is 0 Å². The summed E-state index contributed by atoms with van der Waals surface area (Å²) in [5, 5.41) is 21.7. The fourth-order valence-corrected chi connectivity index (χ4v) is 3.94. The van der Waals surface area contributed by atoms with Crippen LogP contribution in [0.2, 0.25) is 5.02 Å². The number of rotatable bonds is 4. The number of halogens is 1. The van der Waals surface area contributed by atoms with Crippen molar-refractivity contribution in [1.29, 1.82) is 0 Å². The normalized spacial score (nSPS) is 20.4. The van der Waals surface area contributed by atoms with Gasteiger partial charge in [-0.15, -0.1) is 0 Å². The zero-order valence-corrected chi connectivity index (χ0v) is 15.5. The summed E-state index contributed by atoms with van der Waals surface area (Å²) in [6, 6.07) is 8.03. The molecule has 0 saturated heterocycles. The predicted molar refractivity (Wildman–Crippen MR) is 101 cm³/mol. The minimum absolute atomic E-state index is 0.215. The Balaban J connectivity index is 0.000000181. The van der Waals surface area contributed by atoms with Crippen LogP contribution in [-0.2, 0) is 4.79 Å². The van der Waals surface area contributed by atoms with Gasteiger partial charge in [0.2, 0.25) is 0 Å². The zero-order valence-electron chi connectivity index (χ0n) is 14.8. The molecular weight excluding hydrogens is 338 g/mol. The third-order valence-electron chi connectivity index (χ3n) is 5.12. The van der Waals surface area contributed by atoms with E-state index in [2.05, 4.69) is 5.32 Å². The molecule has 0 amide bonds. The van der Waals surface area contributed by atoms with Crippen LogP contribution in [0.15, 0.2) is 24.3 Å². The number of carboxylic acids is 1. The van der Waals surface area contributed by atoms with Gasteiger partial charge in [-0.25, -0.2) is 4.79 Å². The second kappa shape index (κ2) is 10.8. The highest BCUT2D eigenvalue weighted by atomic mass is 35.5. The summed E-state index contributed by atoms with van der Waals surface area (Å²) >= 11 is 5.64. The van der Waals surface area contributed by atoms with Gasteiger partial charge in [0, 0.05) is 22.7 Å². The highest BCUT2D eigenvalue weighted by molar-refractivity contribution is 6.31. The number of aliphatic hydroxyl groups excluding tert-OH is 1. The topological polar surface area (TPSA) is 69.6 Å². The molecule has 2 aliphatic carbocycles. The van der Waals surface area contributed by atoms with Gasteiger partial charge >= 0.3 is 5.97 Å². The molecule has 2 fully saturated rings. The van der Waals surface area contributed by atoms with Gasteiger partial charge < -0.3 is 15.5 Å². The molecule has 1 aromatic carbocycles. The molecule has 25 heavy (non-hydrogen) atoms. The lowest BCUT2D eigenvalue weighted by molar-refractivity contribution is -0.146. The minimum Gasteiger partial charge on any atom is -0.479 e. The van der Waals surface area contributed by atoms with E-state index in [9.17, 15) is 4.79 Å². The fourth-order valence-electron chi connectivity index (χ4n) is 3.70. The minimum atomic E-state index is -1.54. The largest absolute Gasteiger partial charge is 0.479 e. The lowest BCUT2D eigenvalue weighted by Gasteiger charge is -2.30. The van der Waals surface area contributed by atoms with Gasteiger partial charge in [-0.1, -0.05) is 68.3 Å². The molecule has 1 atom stereocenters. The van der Waals surface area contributed by atoms with E-state index in [1.807, 2.05) is 0 Å². The number of nitrogens with one attached hydrogen (secondary N) is 1. The molecule has 5 heteroatoms. The molecule has 0 radical (unpaired) electrons. The van der Waals surface area contributed by atoms with Gasteiger partial charge in [0.15, 0.2) is 6.10 Å². The molecule has 0 aromatic heterocycles. The van der Waals surface area contributed by atoms with E-state index < -0.39 is 12.1 Å². The molecule has 4 nitrogen and oxygen atoms in total. The van der Waals surface area contributed by atoms with Crippen molar-refractivity contribution in [2.45, 2.75) is 82.4 Å². The summed E-state index contributed by atoms with van der Waals surface area (Å²) in [5.41, 5.74) is 0.215. The molecule has 0 spiro atoms. The van der Waals surface area contributed by atoms with Crippen LogP contribution in [0.1, 0.15) is 75.9 Å². The third kappa shape index (κ3) is 6.96. The number of carboxylic acid groups (broad SMARTS) is 1. The molecule has 3 rings (SSSR count). The van der Waals surface area contributed by atoms with Crippen molar-refractivity contribution in [3.8, 4) is 0 Å². The highest BCUT2D eigenvalue weighted by Crippen LogP contribution is 2.23. The second-order valence-corrected chi connectivity index (χ2v) is 7.51. The van der Waals surface area contributed by atoms with E-state index in [1.165, 1.54) is 76.3 Å². The Bertz CT molecular complexity index is 509. The second-order valence-electron chi connectivity index (χ2n) is 7.10. The van der Waals surface area contributed by atoms with Gasteiger partial charge in [0.05, 0.1) is 0 Å². The van der Waals surface area contributed by atoms with E-state index in [0.717, 1.165) is 12.1 Å². The van der Waals surface area contributed by atoms with Crippen LogP contribution in [0.4, 0.5) is 0 Å². The summed E-state index contributed by atoms with van der Waals surface area (Å²) in [4.78, 5) is 10.3. The van der Waals surface area contributed by atoms with Crippen molar-refractivity contribution >= 4 is 17.6 Å². The van der Waals surface area contributed by atoms with Crippen molar-refractivity contribution in [1.82, 2.24) is 5.32 Å².